The van der Waals surface area contributed by atoms with E-state index in [1.54, 1.807) is 25.3 Å². The molecular weight excluding hydrogens is 331 g/mol. The summed E-state index contributed by atoms with van der Waals surface area (Å²) in [5.41, 5.74) is 0.604. The van der Waals surface area contributed by atoms with Gasteiger partial charge in [0.25, 0.3) is 0 Å². The van der Waals surface area contributed by atoms with Crippen LogP contribution in [0.1, 0.15) is 37.7 Å². The minimum atomic E-state index is -0.248. The number of rotatable bonds is 7. The molecule has 0 saturated carbocycles. The average molecular weight is 359 g/mol. The molecule has 0 radical (unpaired) electrons. The maximum Gasteiger partial charge on any atom is 0.220 e. The number of amides is 1. The molecule has 1 aliphatic rings. The summed E-state index contributed by atoms with van der Waals surface area (Å²) in [7, 11) is 1.70. The van der Waals surface area contributed by atoms with Crippen LogP contribution < -0.4 is 10.6 Å². The van der Waals surface area contributed by atoms with Gasteiger partial charge in [-0.3, -0.25) is 4.79 Å². The van der Waals surface area contributed by atoms with Gasteiger partial charge in [0.05, 0.1) is 6.61 Å². The molecule has 1 aromatic rings. The fraction of sp³-hybridized carbons (Fsp3) is 0.611. The third-order valence-corrected chi connectivity index (χ3v) is 4.70. The van der Waals surface area contributed by atoms with Crippen LogP contribution in [0.3, 0.4) is 0 Å². The Kier molecular flexibility index (Phi) is 8.67. The van der Waals surface area contributed by atoms with Crippen LogP contribution in [0.4, 0.5) is 4.39 Å². The van der Waals surface area contributed by atoms with Gasteiger partial charge in [-0.15, -0.1) is 12.4 Å². The van der Waals surface area contributed by atoms with Crippen LogP contribution in [0.25, 0.3) is 0 Å². The number of halogens is 2. The normalized spacial score (nSPS) is 17.6. The molecule has 1 aliphatic heterocycles. The van der Waals surface area contributed by atoms with Gasteiger partial charge in [-0.1, -0.05) is 25.1 Å². The standard InChI is InChI=1S/C18H27FN2O2.ClH/c1-14(15-5-3-4-6-16(15)19)11-17(22)21-12-18(13-23-2)7-9-20-10-8-18;/h3-6,14,20H,7-13H2,1-2H3,(H,21,22);1H. The predicted molar refractivity (Wildman–Crippen MR) is 96.1 cm³/mol. The van der Waals surface area contributed by atoms with Crippen molar-refractivity contribution < 1.29 is 13.9 Å². The lowest BCUT2D eigenvalue weighted by molar-refractivity contribution is -0.122. The van der Waals surface area contributed by atoms with Gasteiger partial charge in [-0.25, -0.2) is 4.39 Å². The van der Waals surface area contributed by atoms with Gasteiger partial charge in [0.1, 0.15) is 5.82 Å². The Morgan fingerprint density at radius 3 is 2.67 bits per heavy atom. The molecule has 0 spiro atoms. The smallest absolute Gasteiger partial charge is 0.220 e. The molecule has 1 amide bonds. The first kappa shape index (κ1) is 20.9. The maximum atomic E-state index is 13.8. The number of hydrogen-bond donors (Lipinski definition) is 2. The summed E-state index contributed by atoms with van der Waals surface area (Å²) >= 11 is 0. The number of ether oxygens (including phenoxy) is 1. The van der Waals surface area contributed by atoms with Crippen molar-refractivity contribution in [3.63, 3.8) is 0 Å². The fourth-order valence-electron chi connectivity index (χ4n) is 3.26. The molecule has 1 aromatic carbocycles. The molecule has 0 aliphatic carbocycles. The topological polar surface area (TPSA) is 50.4 Å². The molecule has 0 aromatic heterocycles. The number of carbonyl (C=O) groups is 1. The molecule has 136 valence electrons. The van der Waals surface area contributed by atoms with E-state index in [1.807, 2.05) is 6.92 Å². The number of piperidine rings is 1. The minimum Gasteiger partial charge on any atom is -0.384 e. The van der Waals surface area contributed by atoms with E-state index in [1.165, 1.54) is 6.07 Å². The highest BCUT2D eigenvalue weighted by Gasteiger charge is 2.32. The molecule has 1 unspecified atom stereocenters. The van der Waals surface area contributed by atoms with Crippen LogP contribution >= 0.6 is 12.4 Å². The second-order valence-corrected chi connectivity index (χ2v) is 6.59. The number of hydrogen-bond acceptors (Lipinski definition) is 3. The first-order valence-electron chi connectivity index (χ1n) is 8.27. The SMILES string of the molecule is COCC1(CNC(=O)CC(C)c2ccccc2F)CCNCC1.Cl. The molecule has 1 heterocycles. The molecule has 1 atom stereocenters. The lowest BCUT2D eigenvalue weighted by Gasteiger charge is -2.37. The van der Waals surface area contributed by atoms with Crippen molar-refractivity contribution in [1.29, 1.82) is 0 Å². The van der Waals surface area contributed by atoms with E-state index < -0.39 is 0 Å². The van der Waals surface area contributed by atoms with Crippen molar-refractivity contribution >= 4 is 18.3 Å². The molecular formula is C18H28ClFN2O2. The van der Waals surface area contributed by atoms with Crippen LogP contribution in [0, 0.1) is 11.2 Å². The van der Waals surface area contributed by atoms with Gasteiger partial charge in [0, 0.05) is 25.5 Å². The van der Waals surface area contributed by atoms with Crippen molar-refractivity contribution in [2.24, 2.45) is 5.41 Å². The molecule has 2 rings (SSSR count). The van der Waals surface area contributed by atoms with Crippen molar-refractivity contribution in [3.8, 4) is 0 Å². The van der Waals surface area contributed by atoms with Gasteiger partial charge in [0.2, 0.25) is 5.91 Å². The maximum absolute atomic E-state index is 13.8. The van der Waals surface area contributed by atoms with Crippen molar-refractivity contribution in [2.45, 2.75) is 32.1 Å². The average Bonchev–Trinajstić information content (AvgIpc) is 2.54. The summed E-state index contributed by atoms with van der Waals surface area (Å²) in [6.07, 6.45) is 2.27. The Balaban J connectivity index is 0.00000288. The second-order valence-electron chi connectivity index (χ2n) is 6.59. The summed E-state index contributed by atoms with van der Waals surface area (Å²) < 4.78 is 19.1. The van der Waals surface area contributed by atoms with Crippen LogP contribution in [0.5, 0.6) is 0 Å². The Morgan fingerprint density at radius 1 is 1.38 bits per heavy atom. The summed E-state index contributed by atoms with van der Waals surface area (Å²) in [5.74, 6) is -0.417. The van der Waals surface area contributed by atoms with E-state index in [0.29, 0.717) is 25.1 Å². The lowest BCUT2D eigenvalue weighted by Crippen LogP contribution is -2.47. The highest BCUT2D eigenvalue weighted by molar-refractivity contribution is 5.85. The highest BCUT2D eigenvalue weighted by atomic mass is 35.5. The second kappa shape index (κ2) is 9.97. The van der Waals surface area contributed by atoms with Crippen molar-refractivity contribution in [2.75, 3.05) is 33.4 Å². The van der Waals surface area contributed by atoms with E-state index >= 15 is 0 Å². The Morgan fingerprint density at radius 2 is 2.04 bits per heavy atom. The third-order valence-electron chi connectivity index (χ3n) is 4.70. The van der Waals surface area contributed by atoms with Crippen LogP contribution in [0.2, 0.25) is 0 Å². The molecule has 6 heteroatoms. The molecule has 4 nitrogen and oxygen atoms in total. The first-order chi connectivity index (χ1) is 11.1. The van der Waals surface area contributed by atoms with Crippen molar-refractivity contribution in [1.82, 2.24) is 10.6 Å². The van der Waals surface area contributed by atoms with Crippen LogP contribution in [-0.4, -0.2) is 39.3 Å². The largest absolute Gasteiger partial charge is 0.384 e. The summed E-state index contributed by atoms with van der Waals surface area (Å²) in [6.45, 7) is 5.05. The van der Waals surface area contributed by atoms with E-state index in [2.05, 4.69) is 10.6 Å². The Bertz CT molecular complexity index is 516. The number of benzene rings is 1. The zero-order chi connectivity index (χ0) is 16.7. The van der Waals surface area contributed by atoms with Gasteiger partial charge in [-0.2, -0.15) is 0 Å². The predicted octanol–water partition coefficient (Wildman–Crippen LogP) is 2.87. The van der Waals surface area contributed by atoms with E-state index in [-0.39, 0.29) is 35.5 Å². The highest BCUT2D eigenvalue weighted by Crippen LogP contribution is 2.28. The fourth-order valence-corrected chi connectivity index (χ4v) is 3.26. The zero-order valence-corrected chi connectivity index (χ0v) is 15.3. The lowest BCUT2D eigenvalue weighted by atomic mass is 9.79. The first-order valence-corrected chi connectivity index (χ1v) is 8.27. The number of methoxy groups -OCH3 is 1. The van der Waals surface area contributed by atoms with Gasteiger partial charge >= 0.3 is 0 Å². The van der Waals surface area contributed by atoms with Gasteiger partial charge in [-0.05, 0) is 43.5 Å². The third kappa shape index (κ3) is 5.72. The van der Waals surface area contributed by atoms with Gasteiger partial charge in [0.15, 0.2) is 0 Å². The quantitative estimate of drug-likeness (QED) is 0.788. The monoisotopic (exact) mass is 358 g/mol. The molecule has 24 heavy (non-hydrogen) atoms. The summed E-state index contributed by atoms with van der Waals surface area (Å²) in [6, 6.07) is 6.64. The van der Waals surface area contributed by atoms with Crippen LogP contribution in [-0.2, 0) is 9.53 Å². The number of nitrogens with one attached hydrogen (secondary N) is 2. The van der Waals surface area contributed by atoms with E-state index in [0.717, 1.165) is 25.9 Å². The minimum absolute atomic E-state index is 0. The van der Waals surface area contributed by atoms with Crippen LogP contribution in [0.15, 0.2) is 24.3 Å². The van der Waals surface area contributed by atoms with Gasteiger partial charge < -0.3 is 15.4 Å². The van der Waals surface area contributed by atoms with Crippen molar-refractivity contribution in [3.05, 3.63) is 35.6 Å². The molecule has 0 bridgehead atoms. The Hall–Kier alpha value is -1.17. The van der Waals surface area contributed by atoms with E-state index in [9.17, 15) is 9.18 Å². The Labute approximate surface area is 149 Å². The molecule has 1 fully saturated rings. The number of carbonyl (C=O) groups excluding carboxylic acids is 1. The summed E-state index contributed by atoms with van der Waals surface area (Å²) in [4.78, 5) is 12.2. The summed E-state index contributed by atoms with van der Waals surface area (Å²) in [5, 5.41) is 6.36. The van der Waals surface area contributed by atoms with E-state index in [4.69, 9.17) is 4.74 Å². The zero-order valence-electron chi connectivity index (χ0n) is 14.4. The molecule has 1 saturated heterocycles. The molecule has 2 N–H and O–H groups in total.